The Kier molecular flexibility index (Phi) is 4.84. The van der Waals surface area contributed by atoms with E-state index in [1.165, 1.54) is 0 Å². The Labute approximate surface area is 110 Å². The van der Waals surface area contributed by atoms with Gasteiger partial charge in [-0.25, -0.2) is 0 Å². The van der Waals surface area contributed by atoms with Crippen LogP contribution in [0.3, 0.4) is 0 Å². The molecule has 0 saturated heterocycles. The van der Waals surface area contributed by atoms with Crippen molar-refractivity contribution in [3.05, 3.63) is 28.8 Å². The van der Waals surface area contributed by atoms with Gasteiger partial charge in [0.1, 0.15) is 0 Å². The molecular formula is C14H23ClN2. The molecule has 2 N–H and O–H groups in total. The van der Waals surface area contributed by atoms with E-state index in [2.05, 4.69) is 38.8 Å². The molecule has 17 heavy (non-hydrogen) atoms. The Morgan fingerprint density at radius 3 is 2.18 bits per heavy atom. The maximum atomic E-state index is 6.25. The van der Waals surface area contributed by atoms with Gasteiger partial charge in [-0.1, -0.05) is 31.5 Å². The minimum Gasteiger partial charge on any atom is -0.372 e. The van der Waals surface area contributed by atoms with Crippen molar-refractivity contribution in [1.82, 2.24) is 0 Å². The minimum absolute atomic E-state index is 0.0237. The fraction of sp³-hybridized carbons (Fsp3) is 0.571. The minimum atomic E-state index is -0.0237. The maximum Gasteiger partial charge on any atom is 0.0474 e. The lowest BCUT2D eigenvalue weighted by Gasteiger charge is -2.30. The van der Waals surface area contributed by atoms with Crippen LogP contribution >= 0.6 is 11.6 Å². The van der Waals surface area contributed by atoms with Crippen LogP contribution in [0.25, 0.3) is 0 Å². The van der Waals surface area contributed by atoms with Crippen molar-refractivity contribution in [1.29, 1.82) is 0 Å². The van der Waals surface area contributed by atoms with Crippen molar-refractivity contribution < 1.29 is 0 Å². The van der Waals surface area contributed by atoms with E-state index < -0.39 is 0 Å². The number of hydrogen-bond acceptors (Lipinski definition) is 2. The molecule has 2 atom stereocenters. The molecule has 0 fully saturated rings. The Morgan fingerprint density at radius 2 is 1.76 bits per heavy atom. The molecule has 2 unspecified atom stereocenters. The number of hydrogen-bond donors (Lipinski definition) is 1. The van der Waals surface area contributed by atoms with E-state index in [1.807, 2.05) is 19.1 Å². The fourth-order valence-corrected chi connectivity index (χ4v) is 2.13. The first-order chi connectivity index (χ1) is 7.84. The molecule has 1 aromatic carbocycles. The smallest absolute Gasteiger partial charge is 0.0474 e. The predicted octanol–water partition coefficient (Wildman–Crippen LogP) is 3.84. The van der Waals surface area contributed by atoms with Crippen molar-refractivity contribution in [2.75, 3.05) is 11.9 Å². The Bertz CT molecular complexity index is 374. The van der Waals surface area contributed by atoms with Gasteiger partial charge >= 0.3 is 0 Å². The Morgan fingerprint density at radius 1 is 1.18 bits per heavy atom. The first kappa shape index (κ1) is 14.3. The number of anilines is 1. The molecule has 0 spiro atoms. The Hall–Kier alpha value is -0.730. The summed E-state index contributed by atoms with van der Waals surface area (Å²) in [6.45, 7) is 8.61. The SMILES string of the molecule is CC(N)c1ccc(N(C)C(C)C(C)C)cc1Cl. The number of nitrogens with two attached hydrogens (primary N) is 1. The molecule has 0 saturated carbocycles. The van der Waals surface area contributed by atoms with E-state index in [0.717, 1.165) is 16.3 Å². The quantitative estimate of drug-likeness (QED) is 0.885. The average molecular weight is 255 g/mol. The molecule has 0 aliphatic heterocycles. The molecule has 0 bridgehead atoms. The summed E-state index contributed by atoms with van der Waals surface area (Å²) in [4.78, 5) is 2.25. The zero-order valence-electron chi connectivity index (χ0n) is 11.4. The van der Waals surface area contributed by atoms with Crippen molar-refractivity contribution in [3.63, 3.8) is 0 Å². The van der Waals surface area contributed by atoms with Crippen LogP contribution in [-0.4, -0.2) is 13.1 Å². The summed E-state index contributed by atoms with van der Waals surface area (Å²) in [5.74, 6) is 0.604. The van der Waals surface area contributed by atoms with Gasteiger partial charge in [-0.3, -0.25) is 0 Å². The predicted molar refractivity (Wildman–Crippen MR) is 76.8 cm³/mol. The van der Waals surface area contributed by atoms with Gasteiger partial charge in [0.25, 0.3) is 0 Å². The topological polar surface area (TPSA) is 29.3 Å². The third kappa shape index (κ3) is 3.36. The molecule has 0 aliphatic rings. The highest BCUT2D eigenvalue weighted by molar-refractivity contribution is 6.31. The van der Waals surface area contributed by atoms with Gasteiger partial charge in [-0.15, -0.1) is 0 Å². The van der Waals surface area contributed by atoms with Crippen LogP contribution in [0.1, 0.15) is 39.3 Å². The van der Waals surface area contributed by atoms with Crippen LogP contribution < -0.4 is 10.6 Å². The largest absolute Gasteiger partial charge is 0.372 e. The summed E-state index contributed by atoms with van der Waals surface area (Å²) in [7, 11) is 2.10. The summed E-state index contributed by atoms with van der Waals surface area (Å²) in [5.41, 5.74) is 7.99. The number of halogens is 1. The standard InChI is InChI=1S/C14H23ClN2/c1-9(2)11(4)17(5)12-6-7-13(10(3)16)14(15)8-12/h6-11H,16H2,1-5H3. The summed E-state index contributed by atoms with van der Waals surface area (Å²) < 4.78 is 0. The zero-order chi connectivity index (χ0) is 13.2. The normalized spacial score (nSPS) is 14.8. The van der Waals surface area contributed by atoms with E-state index in [9.17, 15) is 0 Å². The van der Waals surface area contributed by atoms with Crippen molar-refractivity contribution >= 4 is 17.3 Å². The van der Waals surface area contributed by atoms with Crippen LogP contribution in [0.2, 0.25) is 5.02 Å². The Balaban J connectivity index is 2.97. The third-order valence-electron chi connectivity index (χ3n) is 3.46. The van der Waals surface area contributed by atoms with E-state index in [1.54, 1.807) is 0 Å². The molecule has 0 radical (unpaired) electrons. The zero-order valence-corrected chi connectivity index (χ0v) is 12.1. The van der Waals surface area contributed by atoms with Gasteiger partial charge in [0.15, 0.2) is 0 Å². The molecule has 2 nitrogen and oxygen atoms in total. The van der Waals surface area contributed by atoms with Gasteiger partial charge in [0.05, 0.1) is 0 Å². The van der Waals surface area contributed by atoms with Crippen LogP contribution in [-0.2, 0) is 0 Å². The number of nitrogens with zero attached hydrogens (tertiary/aromatic N) is 1. The first-order valence-corrected chi connectivity index (χ1v) is 6.50. The average Bonchev–Trinajstić information content (AvgIpc) is 2.26. The van der Waals surface area contributed by atoms with E-state index in [0.29, 0.717) is 12.0 Å². The lowest BCUT2D eigenvalue weighted by atomic mass is 10.0. The van der Waals surface area contributed by atoms with Crippen LogP contribution in [0.4, 0.5) is 5.69 Å². The monoisotopic (exact) mass is 254 g/mol. The van der Waals surface area contributed by atoms with Crippen molar-refractivity contribution in [2.45, 2.75) is 39.8 Å². The lowest BCUT2D eigenvalue weighted by Crippen LogP contribution is -2.33. The highest BCUT2D eigenvalue weighted by Gasteiger charge is 2.15. The lowest BCUT2D eigenvalue weighted by molar-refractivity contribution is 0.505. The van der Waals surface area contributed by atoms with Gasteiger partial charge in [0, 0.05) is 29.8 Å². The van der Waals surface area contributed by atoms with Crippen molar-refractivity contribution in [3.8, 4) is 0 Å². The van der Waals surface area contributed by atoms with Gasteiger partial charge in [-0.2, -0.15) is 0 Å². The molecular weight excluding hydrogens is 232 g/mol. The molecule has 0 amide bonds. The molecule has 0 aliphatic carbocycles. The summed E-state index contributed by atoms with van der Waals surface area (Å²) in [6.07, 6.45) is 0. The number of rotatable bonds is 4. The van der Waals surface area contributed by atoms with Crippen LogP contribution in [0, 0.1) is 5.92 Å². The molecule has 1 aromatic rings. The van der Waals surface area contributed by atoms with Crippen LogP contribution in [0.5, 0.6) is 0 Å². The van der Waals surface area contributed by atoms with Crippen molar-refractivity contribution in [2.24, 2.45) is 11.7 Å². The van der Waals surface area contributed by atoms with Gasteiger partial charge < -0.3 is 10.6 Å². The number of benzene rings is 1. The van der Waals surface area contributed by atoms with E-state index >= 15 is 0 Å². The van der Waals surface area contributed by atoms with E-state index in [4.69, 9.17) is 17.3 Å². The first-order valence-electron chi connectivity index (χ1n) is 6.12. The van der Waals surface area contributed by atoms with Gasteiger partial charge in [0.2, 0.25) is 0 Å². The molecule has 3 heteroatoms. The van der Waals surface area contributed by atoms with Gasteiger partial charge in [-0.05, 0) is 37.5 Å². The summed E-state index contributed by atoms with van der Waals surface area (Å²) in [5, 5.41) is 0.750. The second kappa shape index (κ2) is 5.74. The summed E-state index contributed by atoms with van der Waals surface area (Å²) >= 11 is 6.25. The molecule has 1 rings (SSSR count). The highest BCUT2D eigenvalue weighted by Crippen LogP contribution is 2.28. The second-order valence-corrected chi connectivity index (χ2v) is 5.50. The third-order valence-corrected chi connectivity index (χ3v) is 3.78. The molecule has 96 valence electrons. The fourth-order valence-electron chi connectivity index (χ4n) is 1.79. The van der Waals surface area contributed by atoms with E-state index in [-0.39, 0.29) is 6.04 Å². The molecule has 0 aromatic heterocycles. The maximum absolute atomic E-state index is 6.25. The van der Waals surface area contributed by atoms with Crippen LogP contribution in [0.15, 0.2) is 18.2 Å². The molecule has 0 heterocycles. The highest BCUT2D eigenvalue weighted by atomic mass is 35.5. The summed E-state index contributed by atoms with van der Waals surface area (Å²) in [6, 6.07) is 6.56. The second-order valence-electron chi connectivity index (χ2n) is 5.09.